The van der Waals surface area contributed by atoms with Crippen LogP contribution in [0, 0.1) is 5.82 Å². The van der Waals surface area contributed by atoms with E-state index in [2.05, 4.69) is 37.8 Å². The minimum atomic E-state index is -0.359. The number of esters is 1. The first-order chi connectivity index (χ1) is 18.3. The lowest BCUT2D eigenvalue weighted by Crippen LogP contribution is -2.33. The van der Waals surface area contributed by atoms with E-state index in [1.807, 2.05) is 12.1 Å². The largest absolute Gasteiger partial charge is 0.483 e. The van der Waals surface area contributed by atoms with Crippen LogP contribution >= 0.6 is 0 Å². The summed E-state index contributed by atoms with van der Waals surface area (Å²) in [6.07, 6.45) is 9.39. The van der Waals surface area contributed by atoms with Gasteiger partial charge in [0.1, 0.15) is 22.9 Å². The van der Waals surface area contributed by atoms with E-state index in [0.29, 0.717) is 18.6 Å². The Hall–Kier alpha value is -2.66. The van der Waals surface area contributed by atoms with Crippen LogP contribution in [0.5, 0.6) is 11.5 Å². The molecule has 2 aromatic rings. The first-order valence-corrected chi connectivity index (χ1v) is 14.6. The highest BCUT2D eigenvalue weighted by atomic mass is 19.1. The number of fused-ring (bicyclic) bond motifs is 2. The highest BCUT2D eigenvalue weighted by Crippen LogP contribution is 2.52. The van der Waals surface area contributed by atoms with Crippen LogP contribution in [0.2, 0.25) is 0 Å². The van der Waals surface area contributed by atoms with E-state index in [0.717, 1.165) is 80.6 Å². The molecule has 0 saturated carbocycles. The molecule has 0 amide bonds. The molecule has 2 aliphatic heterocycles. The number of aryl methyl sites for hydroxylation is 1. The number of hydrogen-bond donors (Lipinski definition) is 0. The van der Waals surface area contributed by atoms with Crippen molar-refractivity contribution in [3.63, 3.8) is 0 Å². The Morgan fingerprint density at radius 2 is 1.89 bits per heavy atom. The lowest BCUT2D eigenvalue weighted by atomic mass is 9.85. The van der Waals surface area contributed by atoms with E-state index >= 15 is 0 Å². The van der Waals surface area contributed by atoms with Gasteiger partial charge in [0.05, 0.1) is 5.56 Å². The van der Waals surface area contributed by atoms with E-state index in [4.69, 9.17) is 9.47 Å². The summed E-state index contributed by atoms with van der Waals surface area (Å²) in [5, 5.41) is 0. The number of hydrogen-bond acceptors (Lipinski definition) is 4. The zero-order valence-corrected chi connectivity index (χ0v) is 23.3. The lowest BCUT2D eigenvalue weighted by Gasteiger charge is -2.36. The van der Waals surface area contributed by atoms with Crippen LogP contribution in [0.15, 0.2) is 42.0 Å². The molecule has 2 aromatic carbocycles. The summed E-state index contributed by atoms with van der Waals surface area (Å²) in [7, 11) is 0. The van der Waals surface area contributed by atoms with Crippen molar-refractivity contribution in [1.29, 1.82) is 0 Å². The summed E-state index contributed by atoms with van der Waals surface area (Å²) in [5.41, 5.74) is 5.13. The van der Waals surface area contributed by atoms with Gasteiger partial charge in [0.15, 0.2) is 0 Å². The van der Waals surface area contributed by atoms with Crippen LogP contribution in [0.3, 0.4) is 0 Å². The maximum atomic E-state index is 14.1. The third-order valence-corrected chi connectivity index (χ3v) is 8.59. The molecule has 1 fully saturated rings. The molecule has 1 saturated heterocycles. The normalized spacial score (nSPS) is 19.2. The van der Waals surface area contributed by atoms with Crippen molar-refractivity contribution in [3.05, 3.63) is 64.5 Å². The minimum absolute atomic E-state index is 0.135. The number of ether oxygens (including phenoxy) is 2. The van der Waals surface area contributed by atoms with Crippen molar-refractivity contribution in [2.75, 3.05) is 19.6 Å². The first-order valence-electron chi connectivity index (χ1n) is 14.6. The lowest BCUT2D eigenvalue weighted by molar-refractivity contribution is -0.134. The highest BCUT2D eigenvalue weighted by Gasteiger charge is 2.39. The summed E-state index contributed by atoms with van der Waals surface area (Å²) in [6.45, 7) is 9.72. The van der Waals surface area contributed by atoms with E-state index < -0.39 is 0 Å². The fraction of sp³-hybridized carbons (Fsp3) is 0.545. The average Bonchev–Trinajstić information content (AvgIpc) is 3.58. The van der Waals surface area contributed by atoms with Gasteiger partial charge in [0.2, 0.25) is 0 Å². The third-order valence-electron chi connectivity index (χ3n) is 8.59. The van der Waals surface area contributed by atoms with E-state index in [1.54, 1.807) is 6.07 Å². The first kappa shape index (κ1) is 26.9. The van der Waals surface area contributed by atoms with Gasteiger partial charge in [-0.15, -0.1) is 0 Å². The maximum absolute atomic E-state index is 14.1. The number of halogens is 1. The van der Waals surface area contributed by atoms with Gasteiger partial charge in [0, 0.05) is 6.42 Å². The van der Waals surface area contributed by atoms with Crippen LogP contribution < -0.4 is 9.47 Å². The zero-order valence-electron chi connectivity index (χ0n) is 23.3. The number of carbonyl (C=O) groups is 1. The monoisotopic (exact) mass is 519 g/mol. The molecule has 1 atom stereocenters. The Balaban J connectivity index is 1.34. The third kappa shape index (κ3) is 5.98. The van der Waals surface area contributed by atoms with E-state index in [-0.39, 0.29) is 23.3 Å². The van der Waals surface area contributed by atoms with Crippen LogP contribution in [0.1, 0.15) is 101 Å². The highest BCUT2D eigenvalue weighted by molar-refractivity contribution is 5.84. The predicted molar refractivity (Wildman–Crippen MR) is 150 cm³/mol. The second kappa shape index (κ2) is 11.6. The van der Waals surface area contributed by atoms with Crippen LogP contribution in [0.25, 0.3) is 5.57 Å². The van der Waals surface area contributed by atoms with Crippen molar-refractivity contribution in [3.8, 4) is 11.5 Å². The number of nitrogens with zero attached hydrogens (tertiary/aromatic N) is 1. The van der Waals surface area contributed by atoms with Crippen LogP contribution in [0.4, 0.5) is 4.39 Å². The molecule has 2 heterocycles. The molecule has 1 unspecified atom stereocenters. The molecule has 1 aliphatic carbocycles. The number of allylic oxidation sites excluding steroid dienone is 1. The topological polar surface area (TPSA) is 38.8 Å². The average molecular weight is 520 g/mol. The second-order valence-electron chi connectivity index (χ2n) is 11.8. The summed E-state index contributed by atoms with van der Waals surface area (Å²) < 4.78 is 26.8. The molecular weight excluding hydrogens is 477 g/mol. The van der Waals surface area contributed by atoms with E-state index in [9.17, 15) is 9.18 Å². The molecule has 3 aliphatic rings. The Morgan fingerprint density at radius 3 is 2.68 bits per heavy atom. The molecule has 38 heavy (non-hydrogen) atoms. The Labute approximate surface area is 227 Å². The number of rotatable bonds is 10. The number of benzene rings is 2. The van der Waals surface area contributed by atoms with Gasteiger partial charge in [-0.25, -0.2) is 4.39 Å². The Morgan fingerprint density at radius 1 is 1.11 bits per heavy atom. The van der Waals surface area contributed by atoms with Gasteiger partial charge in [-0.05, 0) is 138 Å². The molecule has 4 nitrogen and oxygen atoms in total. The summed E-state index contributed by atoms with van der Waals surface area (Å²) in [6, 6.07) is 11.2. The second-order valence-corrected chi connectivity index (χ2v) is 11.8. The van der Waals surface area contributed by atoms with Gasteiger partial charge in [-0.3, -0.25) is 4.79 Å². The van der Waals surface area contributed by atoms with Gasteiger partial charge < -0.3 is 14.4 Å². The van der Waals surface area contributed by atoms with Crippen LogP contribution in [-0.4, -0.2) is 36.1 Å². The molecule has 0 bridgehead atoms. The quantitative estimate of drug-likeness (QED) is 0.237. The maximum Gasteiger partial charge on any atom is 0.311 e. The molecule has 5 rings (SSSR count). The van der Waals surface area contributed by atoms with Gasteiger partial charge in [0.25, 0.3) is 0 Å². The SMILES string of the molecule is CC(CCCc1ccccc1F)c1cc(OC(=O)CCCN2CCCC2)c2c(c1)OC(C)(C)C1=C2CCC1. The van der Waals surface area contributed by atoms with Crippen molar-refractivity contribution in [2.45, 2.75) is 96.5 Å². The summed E-state index contributed by atoms with van der Waals surface area (Å²) in [4.78, 5) is 15.4. The van der Waals surface area contributed by atoms with Gasteiger partial charge in [-0.2, -0.15) is 0 Å². The fourth-order valence-corrected chi connectivity index (χ4v) is 6.47. The molecule has 0 aromatic heterocycles. The van der Waals surface area contributed by atoms with E-state index in [1.165, 1.54) is 30.1 Å². The molecule has 0 radical (unpaired) electrons. The number of likely N-dealkylation sites (tertiary alicyclic amines) is 1. The van der Waals surface area contributed by atoms with Crippen molar-refractivity contribution >= 4 is 11.5 Å². The molecule has 0 spiro atoms. The smallest absolute Gasteiger partial charge is 0.311 e. The van der Waals surface area contributed by atoms with Crippen molar-refractivity contribution in [2.24, 2.45) is 0 Å². The predicted octanol–water partition coefficient (Wildman–Crippen LogP) is 7.84. The van der Waals surface area contributed by atoms with Gasteiger partial charge >= 0.3 is 5.97 Å². The standard InChI is InChI=1S/C33H42FNO3/c1-23(11-8-13-24-12-4-5-16-28(24)34)25-21-29(37-31(36)17-10-20-35-18-6-7-19-35)32-26-14-9-15-27(26)33(2,3)38-30(32)22-25/h4-5,12,16,21-23H,6-11,13-15,17-20H2,1-3H3. The molecular formula is C33H42FNO3. The summed E-state index contributed by atoms with van der Waals surface area (Å²) in [5.74, 6) is 1.40. The zero-order chi connectivity index (χ0) is 26.7. The van der Waals surface area contributed by atoms with Crippen LogP contribution in [-0.2, 0) is 11.2 Å². The Bertz CT molecular complexity index is 1190. The molecule has 204 valence electrons. The van der Waals surface area contributed by atoms with Crippen molar-refractivity contribution < 1.29 is 18.7 Å². The molecule has 5 heteroatoms. The molecule has 0 N–H and O–H groups in total. The van der Waals surface area contributed by atoms with Crippen molar-refractivity contribution in [1.82, 2.24) is 4.90 Å². The fourth-order valence-electron chi connectivity index (χ4n) is 6.47. The Kier molecular flexibility index (Phi) is 8.23. The summed E-state index contributed by atoms with van der Waals surface area (Å²) >= 11 is 0. The number of carbonyl (C=O) groups excluding carboxylic acids is 1. The van der Waals surface area contributed by atoms with Gasteiger partial charge in [-0.1, -0.05) is 25.1 Å². The minimum Gasteiger partial charge on any atom is -0.483 e.